The summed E-state index contributed by atoms with van der Waals surface area (Å²) in [6.07, 6.45) is 0. The molecular weight excluding hydrogens is 318 g/mol. The Kier molecular flexibility index (Phi) is 3.71. The standard InChI is InChI=1S/C16H21N9/c1-9-11(17-6)14(23(7)20-9)19-18-12-13(16(3,4)5)22-25-10(2)21-24(8)15(12)25/h1-5,7-8H3/b19-18+. The molecule has 9 heteroatoms. The summed E-state index contributed by atoms with van der Waals surface area (Å²) in [6.45, 7) is 17.3. The molecular formula is C16H21N9. The Morgan fingerprint density at radius 3 is 2.28 bits per heavy atom. The van der Waals surface area contributed by atoms with Crippen LogP contribution in [0.2, 0.25) is 0 Å². The van der Waals surface area contributed by atoms with Crippen molar-refractivity contribution >= 4 is 22.8 Å². The van der Waals surface area contributed by atoms with Crippen LogP contribution >= 0.6 is 0 Å². The summed E-state index contributed by atoms with van der Waals surface area (Å²) in [5, 5.41) is 22.1. The maximum atomic E-state index is 7.34. The molecule has 0 aliphatic heterocycles. The monoisotopic (exact) mass is 339 g/mol. The van der Waals surface area contributed by atoms with Crippen LogP contribution in [0.5, 0.6) is 0 Å². The molecule has 0 aliphatic rings. The predicted octanol–water partition coefficient (Wildman–Crippen LogP) is 3.68. The average molecular weight is 339 g/mol. The van der Waals surface area contributed by atoms with Gasteiger partial charge in [0.05, 0.1) is 18.0 Å². The van der Waals surface area contributed by atoms with Crippen molar-refractivity contribution in [3.05, 3.63) is 28.6 Å². The lowest BCUT2D eigenvalue weighted by Gasteiger charge is -2.15. The normalized spacial score (nSPS) is 12.4. The second-order valence-corrected chi connectivity index (χ2v) is 7.05. The van der Waals surface area contributed by atoms with Crippen LogP contribution in [0, 0.1) is 20.4 Å². The molecule has 3 rings (SSSR count). The number of hydrogen-bond acceptors (Lipinski definition) is 5. The van der Waals surface area contributed by atoms with E-state index in [4.69, 9.17) is 6.57 Å². The highest BCUT2D eigenvalue weighted by Gasteiger charge is 2.27. The van der Waals surface area contributed by atoms with Crippen molar-refractivity contribution in [2.45, 2.75) is 40.0 Å². The Labute approximate surface area is 145 Å². The highest BCUT2D eigenvalue weighted by atomic mass is 15.4. The third kappa shape index (κ3) is 2.59. The lowest BCUT2D eigenvalue weighted by atomic mass is 9.91. The third-order valence-electron chi connectivity index (χ3n) is 3.97. The molecule has 0 fully saturated rings. The van der Waals surface area contributed by atoms with Crippen LogP contribution in [-0.4, -0.2) is 29.2 Å². The number of aromatic nitrogens is 6. The second kappa shape index (κ2) is 5.51. The van der Waals surface area contributed by atoms with Crippen molar-refractivity contribution in [3.8, 4) is 0 Å². The number of rotatable bonds is 2. The molecule has 0 saturated carbocycles. The number of fused-ring (bicyclic) bond motifs is 1. The maximum Gasteiger partial charge on any atom is 0.254 e. The minimum absolute atomic E-state index is 0.210. The SMILES string of the molecule is [C-]#[N+]c1c(C)nn(C)c1/N=N/c1c(C(C)(C)C)nn2c(C)nn(C)c12. The number of aryl methyl sites for hydroxylation is 4. The van der Waals surface area contributed by atoms with Gasteiger partial charge in [-0.15, -0.1) is 10.2 Å². The molecule has 0 radical (unpaired) electrons. The van der Waals surface area contributed by atoms with Crippen LogP contribution in [0.4, 0.5) is 17.2 Å². The molecule has 0 aromatic carbocycles. The van der Waals surface area contributed by atoms with Crippen molar-refractivity contribution in [2.24, 2.45) is 24.3 Å². The topological polar surface area (TPSA) is 82.0 Å². The van der Waals surface area contributed by atoms with E-state index in [-0.39, 0.29) is 5.41 Å². The van der Waals surface area contributed by atoms with Gasteiger partial charge in [-0.3, -0.25) is 4.68 Å². The first-order valence-electron chi connectivity index (χ1n) is 7.90. The highest BCUT2D eigenvalue weighted by Crippen LogP contribution is 2.37. The zero-order valence-corrected chi connectivity index (χ0v) is 15.5. The summed E-state index contributed by atoms with van der Waals surface area (Å²) in [5.41, 5.74) is 3.10. The minimum Gasteiger partial charge on any atom is -0.260 e. The number of hydrogen-bond donors (Lipinski definition) is 0. The van der Waals surface area contributed by atoms with E-state index < -0.39 is 0 Å². The molecule has 3 aromatic rings. The quantitative estimate of drug-likeness (QED) is 0.527. The first-order valence-corrected chi connectivity index (χ1v) is 7.90. The largest absolute Gasteiger partial charge is 0.260 e. The Bertz CT molecular complexity index is 1030. The van der Waals surface area contributed by atoms with Crippen molar-refractivity contribution in [2.75, 3.05) is 0 Å². The third-order valence-corrected chi connectivity index (χ3v) is 3.97. The van der Waals surface area contributed by atoms with Crippen LogP contribution in [0.15, 0.2) is 10.2 Å². The molecule has 0 amide bonds. The first-order chi connectivity index (χ1) is 11.6. The van der Waals surface area contributed by atoms with Crippen molar-refractivity contribution in [1.82, 2.24) is 29.2 Å². The van der Waals surface area contributed by atoms with Gasteiger partial charge in [-0.1, -0.05) is 20.8 Å². The van der Waals surface area contributed by atoms with E-state index in [1.165, 1.54) is 0 Å². The van der Waals surface area contributed by atoms with Crippen LogP contribution in [0.25, 0.3) is 10.5 Å². The molecule has 0 saturated heterocycles. The van der Waals surface area contributed by atoms with Gasteiger partial charge in [-0.25, -0.2) is 9.53 Å². The van der Waals surface area contributed by atoms with E-state index in [0.717, 1.165) is 17.2 Å². The molecule has 0 unspecified atom stereocenters. The highest BCUT2D eigenvalue weighted by molar-refractivity contribution is 5.70. The fraction of sp³-hybridized carbons (Fsp3) is 0.500. The van der Waals surface area contributed by atoms with E-state index in [1.807, 2.05) is 14.0 Å². The zero-order chi connectivity index (χ0) is 18.5. The Morgan fingerprint density at radius 1 is 1.00 bits per heavy atom. The van der Waals surface area contributed by atoms with Gasteiger partial charge in [0.25, 0.3) is 5.69 Å². The molecule has 0 bridgehead atoms. The van der Waals surface area contributed by atoms with Crippen molar-refractivity contribution < 1.29 is 0 Å². The average Bonchev–Trinajstić information content (AvgIpc) is 3.10. The fourth-order valence-electron chi connectivity index (χ4n) is 2.80. The Balaban J connectivity index is 2.24. The van der Waals surface area contributed by atoms with Gasteiger partial charge in [0.1, 0.15) is 5.82 Å². The smallest absolute Gasteiger partial charge is 0.254 e. The van der Waals surface area contributed by atoms with Gasteiger partial charge in [-0.05, 0) is 13.8 Å². The summed E-state index contributed by atoms with van der Waals surface area (Å²) < 4.78 is 5.09. The molecule has 0 aliphatic carbocycles. The van der Waals surface area contributed by atoms with E-state index >= 15 is 0 Å². The predicted molar refractivity (Wildman–Crippen MR) is 93.8 cm³/mol. The van der Waals surface area contributed by atoms with Crippen molar-refractivity contribution in [1.29, 1.82) is 0 Å². The summed E-state index contributed by atoms with van der Waals surface area (Å²) >= 11 is 0. The van der Waals surface area contributed by atoms with Crippen LogP contribution in [0.3, 0.4) is 0 Å². The van der Waals surface area contributed by atoms with Gasteiger partial charge < -0.3 is 0 Å². The first kappa shape index (κ1) is 16.8. The molecule has 9 nitrogen and oxygen atoms in total. The van der Waals surface area contributed by atoms with Gasteiger partial charge in [0.15, 0.2) is 17.2 Å². The van der Waals surface area contributed by atoms with Crippen LogP contribution < -0.4 is 0 Å². The van der Waals surface area contributed by atoms with E-state index in [1.54, 1.807) is 27.9 Å². The van der Waals surface area contributed by atoms with E-state index in [2.05, 4.69) is 51.1 Å². The Hall–Kier alpha value is -3.02. The van der Waals surface area contributed by atoms with Gasteiger partial charge in [0.2, 0.25) is 0 Å². The zero-order valence-electron chi connectivity index (χ0n) is 15.5. The molecule has 3 aromatic heterocycles. The molecule has 0 N–H and O–H groups in total. The lowest BCUT2D eigenvalue weighted by Crippen LogP contribution is -2.12. The number of nitrogens with zero attached hydrogens (tertiary/aromatic N) is 9. The van der Waals surface area contributed by atoms with Crippen molar-refractivity contribution in [3.63, 3.8) is 0 Å². The summed E-state index contributed by atoms with van der Waals surface area (Å²) in [4.78, 5) is 3.52. The maximum absolute atomic E-state index is 7.34. The van der Waals surface area contributed by atoms with Gasteiger partial charge in [0, 0.05) is 19.5 Å². The van der Waals surface area contributed by atoms with Crippen LogP contribution in [0.1, 0.15) is 38.0 Å². The second-order valence-electron chi connectivity index (χ2n) is 7.05. The fourth-order valence-corrected chi connectivity index (χ4v) is 2.80. The molecule has 25 heavy (non-hydrogen) atoms. The van der Waals surface area contributed by atoms with Crippen LogP contribution in [-0.2, 0) is 19.5 Å². The lowest BCUT2D eigenvalue weighted by molar-refractivity contribution is 0.561. The Morgan fingerprint density at radius 2 is 1.68 bits per heavy atom. The number of azo groups is 1. The summed E-state index contributed by atoms with van der Waals surface area (Å²) in [5.74, 6) is 1.22. The summed E-state index contributed by atoms with van der Waals surface area (Å²) in [7, 11) is 3.61. The summed E-state index contributed by atoms with van der Waals surface area (Å²) in [6, 6.07) is 0. The molecule has 3 heterocycles. The van der Waals surface area contributed by atoms with E-state index in [9.17, 15) is 0 Å². The van der Waals surface area contributed by atoms with E-state index in [0.29, 0.717) is 22.9 Å². The molecule has 130 valence electrons. The molecule has 0 spiro atoms. The van der Waals surface area contributed by atoms with Gasteiger partial charge in [-0.2, -0.15) is 19.8 Å². The van der Waals surface area contributed by atoms with Gasteiger partial charge >= 0.3 is 0 Å². The minimum atomic E-state index is -0.210. The molecule has 0 atom stereocenters.